The number of para-hydroxylation sites is 2. The van der Waals surface area contributed by atoms with Crippen molar-refractivity contribution in [2.24, 2.45) is 0 Å². The first kappa shape index (κ1) is 31.4. The van der Waals surface area contributed by atoms with Gasteiger partial charge in [0.25, 0.3) is 0 Å². The molecule has 11 rings (SSSR count). The Bertz CT molecular complexity index is 3030. The Morgan fingerprint density at radius 3 is 2.15 bits per heavy atom. The minimum Gasteiger partial charge on any atom is -0.314 e. The molecule has 2 heterocycles. The largest absolute Gasteiger partial charge is 0.314 e. The molecular formula is C51H38N2S. The van der Waals surface area contributed by atoms with Crippen LogP contribution in [0.25, 0.3) is 64.5 Å². The summed E-state index contributed by atoms with van der Waals surface area (Å²) >= 11 is 1.88. The summed E-state index contributed by atoms with van der Waals surface area (Å²) in [5, 5.41) is 7.95. The van der Waals surface area contributed by atoms with Gasteiger partial charge in [0.2, 0.25) is 0 Å². The van der Waals surface area contributed by atoms with E-state index in [4.69, 9.17) is 0 Å². The minimum atomic E-state index is -0.111. The molecule has 2 nitrogen and oxygen atoms in total. The Labute approximate surface area is 319 Å². The first-order valence-electron chi connectivity index (χ1n) is 19.0. The quantitative estimate of drug-likeness (QED) is 0.173. The molecule has 54 heavy (non-hydrogen) atoms. The van der Waals surface area contributed by atoms with E-state index < -0.39 is 0 Å². The van der Waals surface area contributed by atoms with E-state index in [1.807, 2.05) is 11.3 Å². The highest BCUT2D eigenvalue weighted by molar-refractivity contribution is 7.25. The molecule has 0 bridgehead atoms. The van der Waals surface area contributed by atoms with Crippen LogP contribution in [-0.2, 0) is 5.41 Å². The monoisotopic (exact) mass is 710 g/mol. The number of benzene rings is 7. The first-order chi connectivity index (χ1) is 26.7. The standard InChI is InChI=1S/C51H38N2S/c1-51(35-23-25-38(26-24-35)52(36-14-4-2-5-15-36)39-27-28-42-41-19-10-11-21-47(41)54-48(42)33-39)32-12-20-43-44(51)29-31-46-50(43)49-40-18-9-8-13-34(40)22-30-45(49)53(46)37-16-6-3-7-17-37/h2-23,25,27-31,33H,24,26,32H2,1H3. The number of hydrogen-bond acceptors (Lipinski definition) is 2. The van der Waals surface area contributed by atoms with Gasteiger partial charge in [0.15, 0.2) is 0 Å². The van der Waals surface area contributed by atoms with E-state index >= 15 is 0 Å². The topological polar surface area (TPSA) is 8.17 Å². The van der Waals surface area contributed by atoms with Gasteiger partial charge < -0.3 is 9.47 Å². The summed E-state index contributed by atoms with van der Waals surface area (Å²) < 4.78 is 5.12. The second-order valence-corrected chi connectivity index (χ2v) is 16.1. The van der Waals surface area contributed by atoms with Crippen molar-refractivity contribution in [2.45, 2.75) is 31.6 Å². The molecule has 2 aliphatic rings. The molecule has 3 heteroatoms. The Morgan fingerprint density at radius 1 is 0.593 bits per heavy atom. The molecule has 0 amide bonds. The molecule has 0 spiro atoms. The van der Waals surface area contributed by atoms with Crippen molar-refractivity contribution in [3.63, 3.8) is 0 Å². The summed E-state index contributed by atoms with van der Waals surface area (Å²) in [5.41, 5.74) is 11.6. The van der Waals surface area contributed by atoms with Crippen LogP contribution in [0.1, 0.15) is 37.3 Å². The molecule has 0 aliphatic heterocycles. The number of aromatic nitrogens is 1. The molecule has 2 aliphatic carbocycles. The van der Waals surface area contributed by atoms with Crippen molar-refractivity contribution >= 4 is 81.5 Å². The zero-order chi connectivity index (χ0) is 35.8. The van der Waals surface area contributed by atoms with Crippen molar-refractivity contribution in [3.05, 3.63) is 192 Å². The van der Waals surface area contributed by atoms with Crippen LogP contribution in [0.5, 0.6) is 0 Å². The zero-order valence-corrected chi connectivity index (χ0v) is 31.0. The molecule has 2 aromatic heterocycles. The zero-order valence-electron chi connectivity index (χ0n) is 30.2. The second kappa shape index (κ2) is 12.2. The van der Waals surface area contributed by atoms with Crippen LogP contribution in [0, 0.1) is 0 Å². The maximum Gasteiger partial charge on any atom is 0.0547 e. The predicted octanol–water partition coefficient (Wildman–Crippen LogP) is 14.4. The van der Waals surface area contributed by atoms with E-state index in [1.165, 1.54) is 92.2 Å². The number of fused-ring (bicyclic) bond motifs is 10. The third-order valence-corrected chi connectivity index (χ3v) is 13.2. The van der Waals surface area contributed by atoms with Gasteiger partial charge in [-0.05, 0) is 102 Å². The summed E-state index contributed by atoms with van der Waals surface area (Å²) in [6.07, 6.45) is 12.7. The van der Waals surface area contributed by atoms with Gasteiger partial charge in [0.1, 0.15) is 0 Å². The van der Waals surface area contributed by atoms with E-state index in [-0.39, 0.29) is 5.41 Å². The summed E-state index contributed by atoms with van der Waals surface area (Å²) in [6, 6.07) is 55.7. The summed E-state index contributed by atoms with van der Waals surface area (Å²) in [4.78, 5) is 2.47. The smallest absolute Gasteiger partial charge is 0.0547 e. The Balaban J connectivity index is 1.06. The van der Waals surface area contributed by atoms with Gasteiger partial charge in [-0.1, -0.05) is 128 Å². The first-order valence-corrected chi connectivity index (χ1v) is 19.9. The number of rotatable bonds is 5. The lowest BCUT2D eigenvalue weighted by molar-refractivity contribution is 0.533. The highest BCUT2D eigenvalue weighted by atomic mass is 32.1. The summed E-state index contributed by atoms with van der Waals surface area (Å²) in [7, 11) is 0. The van der Waals surface area contributed by atoms with Crippen LogP contribution < -0.4 is 4.90 Å². The SMILES string of the molecule is CC1(C2=CC=C(N(c3ccccc3)c3ccc4c(c3)sc3ccccc34)CC2)CC=Cc2c1ccc1c2c2c3ccccc3ccc2n1-c1ccccc1. The van der Waals surface area contributed by atoms with E-state index in [9.17, 15) is 0 Å². The van der Waals surface area contributed by atoms with Crippen molar-refractivity contribution in [3.8, 4) is 5.69 Å². The lowest BCUT2D eigenvalue weighted by Crippen LogP contribution is -2.29. The van der Waals surface area contributed by atoms with Crippen LogP contribution in [0.3, 0.4) is 0 Å². The molecule has 0 fully saturated rings. The fraction of sp³-hybridized carbons (Fsp3) is 0.0980. The third kappa shape index (κ3) is 4.71. The second-order valence-electron chi connectivity index (χ2n) is 15.0. The van der Waals surface area contributed by atoms with E-state index in [2.05, 4.69) is 192 Å². The van der Waals surface area contributed by atoms with Crippen molar-refractivity contribution in [1.82, 2.24) is 4.57 Å². The van der Waals surface area contributed by atoms with Crippen LogP contribution in [0.15, 0.2) is 181 Å². The number of thiophene rings is 1. The molecule has 1 unspecified atom stereocenters. The van der Waals surface area contributed by atoms with Gasteiger partial charge in [-0.15, -0.1) is 11.3 Å². The lowest BCUT2D eigenvalue weighted by atomic mass is 9.66. The fourth-order valence-corrected chi connectivity index (χ4v) is 10.6. The van der Waals surface area contributed by atoms with Crippen molar-refractivity contribution < 1.29 is 0 Å². The Morgan fingerprint density at radius 2 is 1.31 bits per heavy atom. The molecule has 1 atom stereocenters. The normalized spacial score (nSPS) is 17.0. The van der Waals surface area contributed by atoms with Crippen LogP contribution in [0.2, 0.25) is 0 Å². The van der Waals surface area contributed by atoms with Crippen LogP contribution >= 0.6 is 11.3 Å². The predicted molar refractivity (Wildman–Crippen MR) is 233 cm³/mol. The lowest BCUT2D eigenvalue weighted by Gasteiger charge is -2.39. The van der Waals surface area contributed by atoms with Gasteiger partial charge >= 0.3 is 0 Å². The average molecular weight is 711 g/mol. The molecule has 258 valence electrons. The number of allylic oxidation sites excluding steroid dienone is 5. The summed E-state index contributed by atoms with van der Waals surface area (Å²) in [5.74, 6) is 0. The minimum absolute atomic E-state index is 0.111. The van der Waals surface area contributed by atoms with Gasteiger partial charge in [0.05, 0.1) is 11.0 Å². The molecule has 0 saturated heterocycles. The molecule has 0 radical (unpaired) electrons. The van der Waals surface area contributed by atoms with E-state index in [1.54, 1.807) is 0 Å². The van der Waals surface area contributed by atoms with Gasteiger partial charge in [-0.2, -0.15) is 0 Å². The molecule has 7 aromatic carbocycles. The highest BCUT2D eigenvalue weighted by Crippen LogP contribution is 2.50. The van der Waals surface area contributed by atoms with E-state index in [0.29, 0.717) is 0 Å². The van der Waals surface area contributed by atoms with Crippen LogP contribution in [0.4, 0.5) is 11.4 Å². The average Bonchev–Trinajstić information content (AvgIpc) is 3.78. The van der Waals surface area contributed by atoms with Gasteiger partial charge in [0, 0.05) is 59.1 Å². The summed E-state index contributed by atoms with van der Waals surface area (Å²) in [6.45, 7) is 2.48. The van der Waals surface area contributed by atoms with Crippen molar-refractivity contribution in [1.29, 1.82) is 0 Å². The van der Waals surface area contributed by atoms with Crippen molar-refractivity contribution in [2.75, 3.05) is 4.90 Å². The van der Waals surface area contributed by atoms with Gasteiger partial charge in [-0.25, -0.2) is 0 Å². The maximum absolute atomic E-state index is 2.48. The number of hydrogen-bond donors (Lipinski definition) is 0. The Kier molecular flexibility index (Phi) is 7.09. The van der Waals surface area contributed by atoms with Crippen LogP contribution in [-0.4, -0.2) is 4.57 Å². The highest BCUT2D eigenvalue weighted by Gasteiger charge is 2.36. The third-order valence-electron chi connectivity index (χ3n) is 12.0. The molecule has 0 saturated carbocycles. The number of anilines is 2. The van der Waals surface area contributed by atoms with E-state index in [0.717, 1.165) is 19.3 Å². The molecule has 0 N–H and O–H groups in total. The maximum atomic E-state index is 2.48. The van der Waals surface area contributed by atoms with Gasteiger partial charge in [-0.3, -0.25) is 0 Å². The Hall–Kier alpha value is -6.16. The fourth-order valence-electron chi connectivity index (χ4n) is 9.42. The molecular weight excluding hydrogens is 673 g/mol. The molecule has 9 aromatic rings. The number of nitrogens with zero attached hydrogens (tertiary/aromatic N) is 2.